The Labute approximate surface area is 114 Å². The number of thiazole rings is 1. The average Bonchev–Trinajstić information content (AvgIpc) is 2.78. The van der Waals surface area contributed by atoms with E-state index < -0.39 is 0 Å². The van der Waals surface area contributed by atoms with Crippen molar-refractivity contribution in [2.75, 3.05) is 5.32 Å². The molecule has 0 fully saturated rings. The zero-order valence-electron chi connectivity index (χ0n) is 10.4. The van der Waals surface area contributed by atoms with E-state index in [-0.39, 0.29) is 5.82 Å². The number of aromatic nitrogens is 2. The lowest BCUT2D eigenvalue weighted by molar-refractivity contribution is 0.630. The summed E-state index contributed by atoms with van der Waals surface area (Å²) >= 11 is 1.44. The van der Waals surface area contributed by atoms with Crippen LogP contribution in [0.25, 0.3) is 10.2 Å². The molecule has 0 saturated carbocycles. The quantitative estimate of drug-likeness (QED) is 0.789. The SMILES string of the molecule is Cc1cccc(CNc2nc3ccc(F)cc3s2)n1. The maximum Gasteiger partial charge on any atom is 0.184 e. The van der Waals surface area contributed by atoms with Crippen molar-refractivity contribution < 1.29 is 4.39 Å². The normalized spacial score (nSPS) is 10.8. The van der Waals surface area contributed by atoms with Crippen molar-refractivity contribution in [2.45, 2.75) is 13.5 Å². The number of nitrogens with one attached hydrogen (secondary N) is 1. The number of hydrogen-bond donors (Lipinski definition) is 1. The van der Waals surface area contributed by atoms with Crippen LogP contribution in [0.3, 0.4) is 0 Å². The van der Waals surface area contributed by atoms with Gasteiger partial charge in [0.1, 0.15) is 5.82 Å². The molecule has 19 heavy (non-hydrogen) atoms. The van der Waals surface area contributed by atoms with E-state index in [1.807, 2.05) is 25.1 Å². The molecule has 0 spiro atoms. The molecule has 0 saturated heterocycles. The first-order valence-electron chi connectivity index (χ1n) is 5.93. The lowest BCUT2D eigenvalue weighted by atomic mass is 10.3. The van der Waals surface area contributed by atoms with Crippen LogP contribution in [0.4, 0.5) is 9.52 Å². The number of aryl methyl sites for hydroxylation is 1. The van der Waals surface area contributed by atoms with E-state index in [4.69, 9.17) is 0 Å². The first-order valence-corrected chi connectivity index (χ1v) is 6.75. The maximum absolute atomic E-state index is 13.1. The molecule has 3 aromatic rings. The van der Waals surface area contributed by atoms with Crippen molar-refractivity contribution >= 4 is 26.7 Å². The van der Waals surface area contributed by atoms with Gasteiger partial charge in [0.05, 0.1) is 22.5 Å². The molecule has 0 bridgehead atoms. The Bertz CT molecular complexity index is 724. The molecule has 1 N–H and O–H groups in total. The fraction of sp³-hybridized carbons (Fsp3) is 0.143. The molecule has 3 nitrogen and oxygen atoms in total. The minimum atomic E-state index is -0.233. The number of halogens is 1. The Hall–Kier alpha value is -2.01. The molecule has 0 aliphatic rings. The molecule has 3 rings (SSSR count). The molecule has 0 amide bonds. The monoisotopic (exact) mass is 273 g/mol. The van der Waals surface area contributed by atoms with Crippen LogP contribution in [0.5, 0.6) is 0 Å². The number of hydrogen-bond acceptors (Lipinski definition) is 4. The summed E-state index contributed by atoms with van der Waals surface area (Å²) in [6.45, 7) is 2.58. The van der Waals surface area contributed by atoms with Crippen LogP contribution < -0.4 is 5.32 Å². The molecule has 0 radical (unpaired) electrons. The summed E-state index contributed by atoms with van der Waals surface area (Å²) in [4.78, 5) is 8.81. The smallest absolute Gasteiger partial charge is 0.184 e. The number of rotatable bonds is 3. The highest BCUT2D eigenvalue weighted by atomic mass is 32.1. The summed E-state index contributed by atoms with van der Waals surface area (Å²) in [5.74, 6) is -0.233. The Kier molecular flexibility index (Phi) is 3.13. The Morgan fingerprint density at radius 2 is 2.11 bits per heavy atom. The highest BCUT2D eigenvalue weighted by molar-refractivity contribution is 7.22. The number of anilines is 1. The predicted octanol–water partition coefficient (Wildman–Crippen LogP) is 3.75. The third-order valence-corrected chi connectivity index (χ3v) is 3.69. The average molecular weight is 273 g/mol. The first kappa shape index (κ1) is 12.0. The van der Waals surface area contributed by atoms with Crippen LogP contribution in [0, 0.1) is 12.7 Å². The van der Waals surface area contributed by atoms with E-state index >= 15 is 0 Å². The van der Waals surface area contributed by atoms with Gasteiger partial charge in [-0.2, -0.15) is 0 Å². The summed E-state index contributed by atoms with van der Waals surface area (Å²) in [6, 6.07) is 10.5. The van der Waals surface area contributed by atoms with Gasteiger partial charge >= 0.3 is 0 Å². The summed E-state index contributed by atoms with van der Waals surface area (Å²) in [6.07, 6.45) is 0. The number of nitrogens with zero attached hydrogens (tertiary/aromatic N) is 2. The van der Waals surface area contributed by atoms with E-state index in [2.05, 4.69) is 15.3 Å². The van der Waals surface area contributed by atoms with Crippen LogP contribution >= 0.6 is 11.3 Å². The van der Waals surface area contributed by atoms with Crippen LogP contribution in [0.2, 0.25) is 0 Å². The van der Waals surface area contributed by atoms with Gasteiger partial charge in [0, 0.05) is 5.69 Å². The Morgan fingerprint density at radius 1 is 1.21 bits per heavy atom. The summed E-state index contributed by atoms with van der Waals surface area (Å²) in [7, 11) is 0. The van der Waals surface area contributed by atoms with E-state index in [0.717, 1.165) is 26.7 Å². The standard InChI is InChI=1S/C14H12FN3S/c1-9-3-2-4-11(17-9)8-16-14-18-12-6-5-10(15)7-13(12)19-14/h2-7H,8H2,1H3,(H,16,18). The van der Waals surface area contributed by atoms with Gasteiger partial charge < -0.3 is 5.32 Å². The fourth-order valence-electron chi connectivity index (χ4n) is 1.84. The van der Waals surface area contributed by atoms with E-state index in [1.165, 1.54) is 23.5 Å². The molecular weight excluding hydrogens is 261 g/mol. The minimum absolute atomic E-state index is 0.233. The van der Waals surface area contributed by atoms with Crippen LogP contribution in [0.15, 0.2) is 36.4 Å². The second-order valence-electron chi connectivity index (χ2n) is 4.25. The van der Waals surface area contributed by atoms with Crippen molar-refractivity contribution in [1.29, 1.82) is 0 Å². The Morgan fingerprint density at radius 3 is 2.95 bits per heavy atom. The number of pyridine rings is 1. The largest absolute Gasteiger partial charge is 0.356 e. The number of fused-ring (bicyclic) bond motifs is 1. The van der Waals surface area contributed by atoms with Crippen LogP contribution in [-0.4, -0.2) is 9.97 Å². The predicted molar refractivity (Wildman–Crippen MR) is 75.9 cm³/mol. The number of benzene rings is 1. The van der Waals surface area contributed by atoms with E-state index in [9.17, 15) is 4.39 Å². The molecule has 1 aromatic carbocycles. The molecule has 0 aliphatic heterocycles. The van der Waals surface area contributed by atoms with Gasteiger partial charge in [-0.3, -0.25) is 4.98 Å². The highest BCUT2D eigenvalue weighted by Gasteiger charge is 2.04. The van der Waals surface area contributed by atoms with Gasteiger partial charge in [0.25, 0.3) is 0 Å². The molecule has 0 aliphatic carbocycles. The van der Waals surface area contributed by atoms with Gasteiger partial charge in [0.15, 0.2) is 5.13 Å². The molecule has 2 aromatic heterocycles. The zero-order chi connectivity index (χ0) is 13.2. The lowest BCUT2D eigenvalue weighted by Gasteiger charge is -2.02. The molecular formula is C14H12FN3S. The highest BCUT2D eigenvalue weighted by Crippen LogP contribution is 2.26. The van der Waals surface area contributed by atoms with Crippen molar-refractivity contribution in [3.63, 3.8) is 0 Å². The van der Waals surface area contributed by atoms with Crippen LogP contribution in [0.1, 0.15) is 11.4 Å². The van der Waals surface area contributed by atoms with Crippen molar-refractivity contribution in [2.24, 2.45) is 0 Å². The third kappa shape index (κ3) is 2.71. The first-order chi connectivity index (χ1) is 9.20. The summed E-state index contributed by atoms with van der Waals surface area (Å²) < 4.78 is 13.9. The second kappa shape index (κ2) is 4.93. The lowest BCUT2D eigenvalue weighted by Crippen LogP contribution is -2.01. The van der Waals surface area contributed by atoms with Crippen molar-refractivity contribution in [1.82, 2.24) is 9.97 Å². The van der Waals surface area contributed by atoms with Gasteiger partial charge in [0.2, 0.25) is 0 Å². The van der Waals surface area contributed by atoms with Crippen molar-refractivity contribution in [3.8, 4) is 0 Å². The zero-order valence-corrected chi connectivity index (χ0v) is 11.2. The van der Waals surface area contributed by atoms with Gasteiger partial charge in [-0.05, 0) is 37.3 Å². The second-order valence-corrected chi connectivity index (χ2v) is 5.29. The van der Waals surface area contributed by atoms with Gasteiger partial charge in [-0.25, -0.2) is 9.37 Å². The summed E-state index contributed by atoms with van der Waals surface area (Å²) in [5, 5.41) is 4.00. The Balaban J connectivity index is 1.78. The van der Waals surface area contributed by atoms with Gasteiger partial charge in [-0.15, -0.1) is 0 Å². The molecule has 5 heteroatoms. The van der Waals surface area contributed by atoms with Gasteiger partial charge in [-0.1, -0.05) is 17.4 Å². The van der Waals surface area contributed by atoms with E-state index in [1.54, 1.807) is 6.07 Å². The third-order valence-electron chi connectivity index (χ3n) is 2.72. The molecule has 2 heterocycles. The maximum atomic E-state index is 13.1. The minimum Gasteiger partial charge on any atom is -0.356 e. The van der Waals surface area contributed by atoms with Crippen molar-refractivity contribution in [3.05, 3.63) is 53.6 Å². The molecule has 0 unspecified atom stereocenters. The molecule has 96 valence electrons. The van der Waals surface area contributed by atoms with Crippen LogP contribution in [-0.2, 0) is 6.54 Å². The topological polar surface area (TPSA) is 37.8 Å². The summed E-state index contributed by atoms with van der Waals surface area (Å²) in [5.41, 5.74) is 2.77. The van der Waals surface area contributed by atoms with E-state index in [0.29, 0.717) is 6.54 Å². The fourth-order valence-corrected chi connectivity index (χ4v) is 2.72. The molecule has 0 atom stereocenters.